The maximum atomic E-state index is 12.4. The van der Waals surface area contributed by atoms with E-state index in [0.29, 0.717) is 5.69 Å². The minimum Gasteiger partial charge on any atom is -0.399 e. The van der Waals surface area contributed by atoms with Gasteiger partial charge < -0.3 is 10.6 Å². The van der Waals surface area contributed by atoms with Crippen LogP contribution < -0.4 is 5.73 Å². The fourth-order valence-electron chi connectivity index (χ4n) is 2.87. The predicted molar refractivity (Wildman–Crippen MR) is 79.0 cm³/mol. The summed E-state index contributed by atoms with van der Waals surface area (Å²) in [6, 6.07) is 7.24. The second-order valence-corrected chi connectivity index (χ2v) is 5.50. The van der Waals surface area contributed by atoms with Crippen molar-refractivity contribution in [3.05, 3.63) is 29.8 Å². The Labute approximate surface area is 115 Å². The largest absolute Gasteiger partial charge is 0.399 e. The lowest BCUT2D eigenvalue weighted by Gasteiger charge is -2.20. The zero-order valence-corrected chi connectivity index (χ0v) is 11.8. The quantitative estimate of drug-likeness (QED) is 0.847. The van der Waals surface area contributed by atoms with E-state index in [9.17, 15) is 4.79 Å². The van der Waals surface area contributed by atoms with Gasteiger partial charge in [0.25, 0.3) is 5.91 Å². The summed E-state index contributed by atoms with van der Waals surface area (Å²) in [6.07, 6.45) is 6.08. The van der Waals surface area contributed by atoms with Crippen molar-refractivity contribution >= 4 is 11.6 Å². The molecule has 1 amide bonds. The minimum atomic E-state index is 0.150. The van der Waals surface area contributed by atoms with Gasteiger partial charge in [0.05, 0.1) is 0 Å². The van der Waals surface area contributed by atoms with Gasteiger partial charge in [0.15, 0.2) is 0 Å². The fraction of sp³-hybridized carbons (Fsp3) is 0.562. The lowest BCUT2D eigenvalue weighted by atomic mass is 9.96. The summed E-state index contributed by atoms with van der Waals surface area (Å²) in [5.74, 6) is 0.950. The molecule has 0 aliphatic carbocycles. The molecule has 1 aromatic carbocycles. The van der Waals surface area contributed by atoms with E-state index in [1.165, 1.54) is 19.3 Å². The molecule has 1 unspecified atom stereocenters. The Balaban J connectivity index is 1.98. The zero-order chi connectivity index (χ0) is 13.7. The van der Waals surface area contributed by atoms with Crippen LogP contribution in [0.5, 0.6) is 0 Å². The second-order valence-electron chi connectivity index (χ2n) is 5.50. The summed E-state index contributed by atoms with van der Waals surface area (Å²) < 4.78 is 0. The highest BCUT2D eigenvalue weighted by atomic mass is 16.2. The standard InChI is InChI=1S/C16H24N2O/c1-2-4-13-5-3-11-18(12-10-13)16(19)14-6-8-15(17)9-7-14/h6-9,13H,2-5,10-12,17H2,1H3. The van der Waals surface area contributed by atoms with Gasteiger partial charge in [-0.05, 0) is 49.4 Å². The second kappa shape index (κ2) is 6.60. The van der Waals surface area contributed by atoms with Crippen molar-refractivity contribution in [2.75, 3.05) is 18.8 Å². The van der Waals surface area contributed by atoms with Gasteiger partial charge in [-0.2, -0.15) is 0 Å². The van der Waals surface area contributed by atoms with Gasteiger partial charge in [0, 0.05) is 24.3 Å². The predicted octanol–water partition coefficient (Wildman–Crippen LogP) is 3.31. The van der Waals surface area contributed by atoms with Crippen molar-refractivity contribution in [2.24, 2.45) is 5.92 Å². The van der Waals surface area contributed by atoms with E-state index in [1.807, 2.05) is 17.0 Å². The Morgan fingerprint density at radius 3 is 2.68 bits per heavy atom. The lowest BCUT2D eigenvalue weighted by Crippen LogP contribution is -2.32. The first-order valence-electron chi connectivity index (χ1n) is 7.35. The van der Waals surface area contributed by atoms with E-state index in [0.717, 1.165) is 37.4 Å². The molecule has 0 bridgehead atoms. The smallest absolute Gasteiger partial charge is 0.253 e. The lowest BCUT2D eigenvalue weighted by molar-refractivity contribution is 0.0760. The average molecular weight is 260 g/mol. The third-order valence-electron chi connectivity index (χ3n) is 3.99. The van der Waals surface area contributed by atoms with Gasteiger partial charge in [-0.15, -0.1) is 0 Å². The summed E-state index contributed by atoms with van der Waals surface area (Å²) in [4.78, 5) is 14.4. The number of anilines is 1. The molecule has 2 N–H and O–H groups in total. The normalized spacial score (nSPS) is 20.1. The van der Waals surface area contributed by atoms with Gasteiger partial charge in [-0.3, -0.25) is 4.79 Å². The highest BCUT2D eigenvalue weighted by Crippen LogP contribution is 2.23. The SMILES string of the molecule is CCCC1CCCN(C(=O)c2ccc(N)cc2)CC1. The van der Waals surface area contributed by atoms with E-state index in [4.69, 9.17) is 5.73 Å². The molecule has 1 aliphatic heterocycles. The van der Waals surface area contributed by atoms with Crippen LogP contribution >= 0.6 is 0 Å². The maximum Gasteiger partial charge on any atom is 0.253 e. The summed E-state index contributed by atoms with van der Waals surface area (Å²) in [7, 11) is 0. The molecule has 0 saturated carbocycles. The number of carbonyl (C=O) groups is 1. The molecule has 1 saturated heterocycles. The first-order valence-corrected chi connectivity index (χ1v) is 7.35. The number of carbonyl (C=O) groups excluding carboxylic acids is 1. The number of likely N-dealkylation sites (tertiary alicyclic amines) is 1. The van der Waals surface area contributed by atoms with Crippen molar-refractivity contribution in [1.82, 2.24) is 4.90 Å². The average Bonchev–Trinajstić information content (AvgIpc) is 2.65. The van der Waals surface area contributed by atoms with E-state index in [-0.39, 0.29) is 5.91 Å². The molecule has 0 radical (unpaired) electrons. The van der Waals surface area contributed by atoms with Crippen molar-refractivity contribution in [1.29, 1.82) is 0 Å². The van der Waals surface area contributed by atoms with E-state index >= 15 is 0 Å². The van der Waals surface area contributed by atoms with Crippen LogP contribution in [0.3, 0.4) is 0 Å². The highest BCUT2D eigenvalue weighted by Gasteiger charge is 2.20. The van der Waals surface area contributed by atoms with Crippen LogP contribution in [-0.4, -0.2) is 23.9 Å². The summed E-state index contributed by atoms with van der Waals surface area (Å²) in [5.41, 5.74) is 7.11. The topological polar surface area (TPSA) is 46.3 Å². The van der Waals surface area contributed by atoms with Gasteiger partial charge >= 0.3 is 0 Å². The van der Waals surface area contributed by atoms with E-state index < -0.39 is 0 Å². The molecule has 1 atom stereocenters. The minimum absolute atomic E-state index is 0.150. The molecule has 1 heterocycles. The van der Waals surface area contributed by atoms with Crippen molar-refractivity contribution < 1.29 is 4.79 Å². The molecule has 1 aromatic rings. The molecular formula is C16H24N2O. The van der Waals surface area contributed by atoms with Crippen molar-refractivity contribution in [3.63, 3.8) is 0 Å². The van der Waals surface area contributed by atoms with Crippen molar-refractivity contribution in [2.45, 2.75) is 39.0 Å². The number of hydrogen-bond donors (Lipinski definition) is 1. The van der Waals surface area contributed by atoms with Gasteiger partial charge in [0.1, 0.15) is 0 Å². The van der Waals surface area contributed by atoms with Crippen molar-refractivity contribution in [3.8, 4) is 0 Å². The molecule has 3 heteroatoms. The van der Waals surface area contributed by atoms with Crippen LogP contribution in [0.2, 0.25) is 0 Å². The van der Waals surface area contributed by atoms with E-state index in [2.05, 4.69) is 6.92 Å². The third-order valence-corrected chi connectivity index (χ3v) is 3.99. The van der Waals surface area contributed by atoms with Crippen LogP contribution in [0.15, 0.2) is 24.3 Å². The summed E-state index contributed by atoms with van der Waals surface area (Å²) in [5, 5.41) is 0. The molecule has 3 nitrogen and oxygen atoms in total. The molecule has 2 rings (SSSR count). The molecule has 0 aromatic heterocycles. The Morgan fingerprint density at radius 1 is 1.26 bits per heavy atom. The number of nitrogen functional groups attached to an aromatic ring is 1. The monoisotopic (exact) mass is 260 g/mol. The first-order chi connectivity index (χ1) is 9.20. The molecule has 1 fully saturated rings. The van der Waals surface area contributed by atoms with Crippen LogP contribution in [0.1, 0.15) is 49.4 Å². The van der Waals surface area contributed by atoms with Gasteiger partial charge in [-0.25, -0.2) is 0 Å². The fourth-order valence-corrected chi connectivity index (χ4v) is 2.87. The van der Waals surface area contributed by atoms with Crippen LogP contribution in [0, 0.1) is 5.92 Å². The Hall–Kier alpha value is -1.51. The number of hydrogen-bond acceptors (Lipinski definition) is 2. The van der Waals surface area contributed by atoms with Gasteiger partial charge in [0.2, 0.25) is 0 Å². The first kappa shape index (κ1) is 13.9. The Morgan fingerprint density at radius 2 is 2.00 bits per heavy atom. The summed E-state index contributed by atoms with van der Waals surface area (Å²) >= 11 is 0. The Kier molecular flexibility index (Phi) is 4.83. The van der Waals surface area contributed by atoms with Crippen LogP contribution in [0.4, 0.5) is 5.69 Å². The van der Waals surface area contributed by atoms with Crippen LogP contribution in [0.25, 0.3) is 0 Å². The number of nitrogens with zero attached hydrogens (tertiary/aromatic N) is 1. The van der Waals surface area contributed by atoms with Crippen LogP contribution in [-0.2, 0) is 0 Å². The zero-order valence-electron chi connectivity index (χ0n) is 11.8. The molecule has 1 aliphatic rings. The maximum absolute atomic E-state index is 12.4. The number of nitrogens with two attached hydrogens (primary N) is 1. The van der Waals surface area contributed by atoms with Gasteiger partial charge in [-0.1, -0.05) is 19.8 Å². The highest BCUT2D eigenvalue weighted by molar-refractivity contribution is 5.94. The molecule has 0 spiro atoms. The van der Waals surface area contributed by atoms with E-state index in [1.54, 1.807) is 12.1 Å². The molecule has 104 valence electrons. The third kappa shape index (κ3) is 3.72. The molecule has 19 heavy (non-hydrogen) atoms. The molecular weight excluding hydrogens is 236 g/mol. The summed E-state index contributed by atoms with van der Waals surface area (Å²) in [6.45, 7) is 4.03. The number of rotatable bonds is 3. The Bertz CT molecular complexity index is 413. The number of benzene rings is 1. The number of amides is 1.